The first kappa shape index (κ1) is 15.4. The van der Waals surface area contributed by atoms with Crippen LogP contribution < -0.4 is 4.74 Å². The van der Waals surface area contributed by atoms with Gasteiger partial charge in [-0.15, -0.1) is 0 Å². The fourth-order valence-corrected chi connectivity index (χ4v) is 2.55. The summed E-state index contributed by atoms with van der Waals surface area (Å²) in [5, 5.41) is -0.124. The predicted molar refractivity (Wildman–Crippen MR) is 61.5 cm³/mol. The molecule has 0 heterocycles. The van der Waals surface area contributed by atoms with Crippen molar-refractivity contribution in [3.05, 3.63) is 28.3 Å². The maximum Gasteiger partial charge on any atom is 0.416 e. The highest BCUT2D eigenvalue weighted by Gasteiger charge is 2.35. The monoisotopic (exact) mass is 322 g/mol. The zero-order chi connectivity index (χ0) is 14.1. The Morgan fingerprint density at radius 3 is 2.28 bits per heavy atom. The summed E-state index contributed by atoms with van der Waals surface area (Å²) in [5.74, 6) is -1.16. The SMILES string of the molecule is COc1cc(C(F)(F)F)c(CS(=O)(=O)Cl)cc1Cl. The second kappa shape index (κ2) is 5.14. The van der Waals surface area contributed by atoms with Gasteiger partial charge < -0.3 is 4.74 Å². The highest BCUT2D eigenvalue weighted by molar-refractivity contribution is 8.13. The van der Waals surface area contributed by atoms with Crippen LogP contribution in [0, 0.1) is 0 Å². The van der Waals surface area contributed by atoms with Crippen LogP contribution in [0.1, 0.15) is 11.1 Å². The Hall–Kier alpha value is -0.660. The molecule has 0 bridgehead atoms. The lowest BCUT2D eigenvalue weighted by atomic mass is 10.1. The van der Waals surface area contributed by atoms with Crippen LogP contribution in [0.3, 0.4) is 0 Å². The smallest absolute Gasteiger partial charge is 0.416 e. The molecule has 0 N–H and O–H groups in total. The molecule has 0 fully saturated rings. The Morgan fingerprint density at radius 1 is 1.33 bits per heavy atom. The fourth-order valence-electron chi connectivity index (χ4n) is 1.32. The summed E-state index contributed by atoms with van der Waals surface area (Å²) < 4.78 is 64.6. The summed E-state index contributed by atoms with van der Waals surface area (Å²) in [5.41, 5.74) is -1.67. The van der Waals surface area contributed by atoms with E-state index in [0.717, 1.165) is 13.2 Å². The third-order valence-electron chi connectivity index (χ3n) is 2.01. The highest BCUT2D eigenvalue weighted by atomic mass is 35.7. The lowest BCUT2D eigenvalue weighted by Gasteiger charge is -2.14. The summed E-state index contributed by atoms with van der Waals surface area (Å²) in [6.45, 7) is 0. The molecule has 18 heavy (non-hydrogen) atoms. The Labute approximate surface area is 111 Å². The van der Waals surface area contributed by atoms with Gasteiger partial charge in [0.15, 0.2) is 0 Å². The van der Waals surface area contributed by atoms with Gasteiger partial charge >= 0.3 is 6.18 Å². The number of halogens is 5. The minimum absolute atomic E-state index is 0.124. The van der Waals surface area contributed by atoms with E-state index in [1.54, 1.807) is 0 Å². The molecule has 102 valence electrons. The van der Waals surface area contributed by atoms with E-state index in [1.165, 1.54) is 0 Å². The van der Waals surface area contributed by atoms with Gasteiger partial charge in [-0.05, 0) is 17.7 Å². The zero-order valence-corrected chi connectivity index (χ0v) is 11.2. The van der Waals surface area contributed by atoms with E-state index < -0.39 is 32.1 Å². The van der Waals surface area contributed by atoms with E-state index in [4.69, 9.17) is 22.3 Å². The third-order valence-corrected chi connectivity index (χ3v) is 3.29. The van der Waals surface area contributed by atoms with E-state index in [1.807, 2.05) is 0 Å². The van der Waals surface area contributed by atoms with E-state index in [0.29, 0.717) is 6.07 Å². The molecule has 0 aromatic heterocycles. The number of methoxy groups -OCH3 is 1. The molecular formula is C9H7Cl2F3O3S. The topological polar surface area (TPSA) is 43.4 Å². The molecular weight excluding hydrogens is 316 g/mol. The van der Waals surface area contributed by atoms with E-state index in [9.17, 15) is 21.6 Å². The fraction of sp³-hybridized carbons (Fsp3) is 0.333. The van der Waals surface area contributed by atoms with Gasteiger partial charge in [0.1, 0.15) is 5.75 Å². The van der Waals surface area contributed by atoms with Gasteiger partial charge in [-0.25, -0.2) is 8.42 Å². The molecule has 0 unspecified atom stereocenters. The molecule has 3 nitrogen and oxygen atoms in total. The van der Waals surface area contributed by atoms with Crippen LogP contribution in [-0.2, 0) is 21.0 Å². The predicted octanol–water partition coefficient (Wildman–Crippen LogP) is 3.44. The minimum Gasteiger partial charge on any atom is -0.495 e. The zero-order valence-electron chi connectivity index (χ0n) is 8.88. The molecule has 0 amide bonds. The molecule has 0 saturated carbocycles. The Morgan fingerprint density at radius 2 is 1.89 bits per heavy atom. The van der Waals surface area contributed by atoms with Crippen LogP contribution in [0.25, 0.3) is 0 Å². The second-order valence-corrected chi connectivity index (χ2v) is 6.51. The van der Waals surface area contributed by atoms with Gasteiger partial charge in [0.25, 0.3) is 0 Å². The van der Waals surface area contributed by atoms with E-state index in [2.05, 4.69) is 4.74 Å². The van der Waals surface area contributed by atoms with Crippen molar-refractivity contribution in [2.24, 2.45) is 0 Å². The molecule has 1 rings (SSSR count). The second-order valence-electron chi connectivity index (χ2n) is 3.32. The maximum atomic E-state index is 12.7. The number of benzene rings is 1. The average molecular weight is 323 g/mol. The first-order chi connectivity index (χ1) is 8.04. The lowest BCUT2D eigenvalue weighted by Crippen LogP contribution is -2.11. The first-order valence-corrected chi connectivity index (χ1v) is 7.26. The number of rotatable bonds is 3. The molecule has 0 aliphatic rings. The normalized spacial score (nSPS) is 12.6. The van der Waals surface area contributed by atoms with Crippen LogP contribution in [0.15, 0.2) is 12.1 Å². The van der Waals surface area contributed by atoms with Gasteiger partial charge in [0.05, 0.1) is 23.4 Å². The van der Waals surface area contributed by atoms with Crippen LogP contribution in [-0.4, -0.2) is 15.5 Å². The summed E-state index contributed by atoms with van der Waals surface area (Å²) in [6, 6.07) is 1.52. The van der Waals surface area contributed by atoms with E-state index >= 15 is 0 Å². The molecule has 1 aromatic rings. The largest absolute Gasteiger partial charge is 0.495 e. The van der Waals surface area contributed by atoms with Crippen molar-refractivity contribution in [3.8, 4) is 5.75 Å². The Balaban J connectivity index is 3.44. The van der Waals surface area contributed by atoms with Crippen molar-refractivity contribution in [3.63, 3.8) is 0 Å². The van der Waals surface area contributed by atoms with Gasteiger partial charge in [-0.2, -0.15) is 13.2 Å². The summed E-state index contributed by atoms with van der Waals surface area (Å²) >= 11 is 5.65. The van der Waals surface area contributed by atoms with Crippen LogP contribution in [0.4, 0.5) is 13.2 Å². The highest BCUT2D eigenvalue weighted by Crippen LogP contribution is 2.38. The van der Waals surface area contributed by atoms with Crippen LogP contribution in [0.5, 0.6) is 5.75 Å². The van der Waals surface area contributed by atoms with Crippen molar-refractivity contribution in [1.29, 1.82) is 0 Å². The summed E-state index contributed by atoms with van der Waals surface area (Å²) in [6.07, 6.45) is -4.73. The standard InChI is InChI=1S/C9H7Cl2F3O3S/c1-17-8-3-6(9(12,13)14)5(2-7(8)10)4-18(11,15)16/h2-3H,4H2,1H3. The molecule has 0 aliphatic heterocycles. The summed E-state index contributed by atoms with van der Waals surface area (Å²) in [7, 11) is 1.97. The van der Waals surface area contributed by atoms with Crippen molar-refractivity contribution >= 4 is 31.3 Å². The molecule has 1 aromatic carbocycles. The average Bonchev–Trinajstić information content (AvgIpc) is 2.13. The molecule has 0 spiro atoms. The maximum absolute atomic E-state index is 12.7. The number of alkyl halides is 3. The van der Waals surface area contributed by atoms with Crippen molar-refractivity contribution in [1.82, 2.24) is 0 Å². The molecule has 9 heteroatoms. The first-order valence-electron chi connectivity index (χ1n) is 4.40. The summed E-state index contributed by atoms with van der Waals surface area (Å²) in [4.78, 5) is 0. The minimum atomic E-state index is -4.73. The lowest BCUT2D eigenvalue weighted by molar-refractivity contribution is -0.138. The molecule has 0 radical (unpaired) electrons. The number of ether oxygens (including phenoxy) is 1. The quantitative estimate of drug-likeness (QED) is 0.801. The van der Waals surface area contributed by atoms with Gasteiger partial charge in [0, 0.05) is 10.7 Å². The number of hydrogen-bond donors (Lipinski definition) is 0. The molecule has 0 atom stereocenters. The van der Waals surface area contributed by atoms with Crippen LogP contribution in [0.2, 0.25) is 5.02 Å². The third kappa shape index (κ3) is 3.93. The van der Waals surface area contributed by atoms with Gasteiger partial charge in [-0.3, -0.25) is 0 Å². The van der Waals surface area contributed by atoms with E-state index in [-0.39, 0.29) is 10.8 Å². The molecule has 0 saturated heterocycles. The number of hydrogen-bond acceptors (Lipinski definition) is 3. The Bertz CT molecular complexity index is 555. The Kier molecular flexibility index (Phi) is 4.40. The van der Waals surface area contributed by atoms with Gasteiger partial charge in [0.2, 0.25) is 9.05 Å². The molecule has 0 aliphatic carbocycles. The van der Waals surface area contributed by atoms with Crippen molar-refractivity contribution < 1.29 is 26.3 Å². The van der Waals surface area contributed by atoms with Crippen molar-refractivity contribution in [2.75, 3.05) is 7.11 Å². The van der Waals surface area contributed by atoms with Crippen molar-refractivity contribution in [2.45, 2.75) is 11.9 Å². The van der Waals surface area contributed by atoms with Crippen LogP contribution >= 0.6 is 22.3 Å². The van der Waals surface area contributed by atoms with Gasteiger partial charge in [-0.1, -0.05) is 11.6 Å².